The average molecular weight is 268 g/mol. The molecule has 1 atom stereocenters. The average Bonchev–Trinajstić information content (AvgIpc) is 2.95. The summed E-state index contributed by atoms with van der Waals surface area (Å²) in [7, 11) is 2.01. The van der Waals surface area contributed by atoms with E-state index in [9.17, 15) is 0 Å². The first kappa shape index (κ1) is 14.1. The number of aromatic nitrogens is 2. The Hall–Kier alpha value is -2.28. The van der Waals surface area contributed by atoms with E-state index >= 15 is 0 Å². The Labute approximate surface area is 120 Å². The molecule has 1 aromatic carbocycles. The number of hydrogen-bond donors (Lipinski definition) is 0. The molecule has 0 aliphatic carbocycles. The van der Waals surface area contributed by atoms with E-state index in [-0.39, 0.29) is 0 Å². The summed E-state index contributed by atoms with van der Waals surface area (Å²) in [6.07, 6.45) is 3.10. The first-order chi connectivity index (χ1) is 9.63. The number of nitrogens with zero attached hydrogens (tertiary/aromatic N) is 4. The standard InChI is InChI=1S/C16H20N4/c1-4-13(2)20-9-8-15(18-20)12-19(3)16-7-5-6-14(10-16)11-17/h5-10,13H,4,12H2,1-3H3. The van der Waals surface area contributed by atoms with Crippen LogP contribution in [0.3, 0.4) is 0 Å². The van der Waals surface area contributed by atoms with Crippen LogP contribution in [0, 0.1) is 11.3 Å². The lowest BCUT2D eigenvalue weighted by molar-refractivity contribution is 0.473. The zero-order valence-corrected chi connectivity index (χ0v) is 12.2. The van der Waals surface area contributed by atoms with E-state index in [0.29, 0.717) is 11.6 Å². The van der Waals surface area contributed by atoms with Crippen molar-refractivity contribution in [3.63, 3.8) is 0 Å². The van der Waals surface area contributed by atoms with Crippen LogP contribution in [0.15, 0.2) is 36.5 Å². The summed E-state index contributed by atoms with van der Waals surface area (Å²) in [5, 5.41) is 13.5. The summed E-state index contributed by atoms with van der Waals surface area (Å²) in [4.78, 5) is 2.10. The fourth-order valence-electron chi connectivity index (χ4n) is 2.04. The lowest BCUT2D eigenvalue weighted by Crippen LogP contribution is -2.17. The fourth-order valence-corrected chi connectivity index (χ4v) is 2.04. The van der Waals surface area contributed by atoms with Crippen molar-refractivity contribution in [2.24, 2.45) is 0 Å². The van der Waals surface area contributed by atoms with Crippen molar-refractivity contribution in [1.29, 1.82) is 5.26 Å². The zero-order chi connectivity index (χ0) is 14.5. The molecule has 1 heterocycles. The number of hydrogen-bond acceptors (Lipinski definition) is 3. The predicted octanol–water partition coefficient (Wildman–Crippen LogP) is 3.36. The van der Waals surface area contributed by atoms with E-state index in [4.69, 9.17) is 5.26 Å². The maximum atomic E-state index is 8.94. The molecule has 1 unspecified atom stereocenters. The molecular weight excluding hydrogens is 248 g/mol. The van der Waals surface area contributed by atoms with Crippen LogP contribution in [0.1, 0.15) is 37.6 Å². The summed E-state index contributed by atoms with van der Waals surface area (Å²) < 4.78 is 2.01. The van der Waals surface area contributed by atoms with Crippen LogP contribution in [-0.2, 0) is 6.54 Å². The molecule has 20 heavy (non-hydrogen) atoms. The smallest absolute Gasteiger partial charge is 0.0992 e. The van der Waals surface area contributed by atoms with Gasteiger partial charge in [-0.3, -0.25) is 4.68 Å². The van der Waals surface area contributed by atoms with Crippen LogP contribution in [0.2, 0.25) is 0 Å². The van der Waals surface area contributed by atoms with Gasteiger partial charge in [0.15, 0.2) is 0 Å². The van der Waals surface area contributed by atoms with Gasteiger partial charge in [-0.25, -0.2) is 0 Å². The molecule has 0 fully saturated rings. The SMILES string of the molecule is CCC(C)n1ccc(CN(C)c2cccc(C#N)c2)n1. The molecule has 0 saturated carbocycles. The summed E-state index contributed by atoms with van der Waals surface area (Å²) >= 11 is 0. The van der Waals surface area contributed by atoms with Gasteiger partial charge in [0.05, 0.1) is 23.9 Å². The van der Waals surface area contributed by atoms with E-state index in [1.165, 1.54) is 0 Å². The largest absolute Gasteiger partial charge is 0.369 e. The lowest BCUT2D eigenvalue weighted by Gasteiger charge is -2.18. The van der Waals surface area contributed by atoms with Gasteiger partial charge in [-0.05, 0) is 37.6 Å². The van der Waals surface area contributed by atoms with Gasteiger partial charge in [-0.15, -0.1) is 0 Å². The monoisotopic (exact) mass is 268 g/mol. The predicted molar refractivity (Wildman–Crippen MR) is 80.5 cm³/mol. The number of anilines is 1. The van der Waals surface area contributed by atoms with Crippen molar-refractivity contribution in [3.8, 4) is 6.07 Å². The van der Waals surface area contributed by atoms with Gasteiger partial charge in [0.25, 0.3) is 0 Å². The quantitative estimate of drug-likeness (QED) is 0.835. The van der Waals surface area contributed by atoms with Gasteiger partial charge in [0.1, 0.15) is 0 Å². The van der Waals surface area contributed by atoms with Crippen molar-refractivity contribution < 1.29 is 0 Å². The minimum atomic E-state index is 0.427. The van der Waals surface area contributed by atoms with Crippen LogP contribution in [0.25, 0.3) is 0 Å². The molecule has 0 aliphatic rings. The van der Waals surface area contributed by atoms with Gasteiger partial charge in [-0.1, -0.05) is 13.0 Å². The molecule has 0 amide bonds. The Bertz CT molecular complexity index is 609. The van der Waals surface area contributed by atoms with Crippen LogP contribution in [0.4, 0.5) is 5.69 Å². The summed E-state index contributed by atoms with van der Waals surface area (Å²) in [5.41, 5.74) is 2.75. The third-order valence-electron chi connectivity index (χ3n) is 3.52. The second-order valence-corrected chi connectivity index (χ2v) is 5.06. The van der Waals surface area contributed by atoms with Gasteiger partial charge < -0.3 is 4.90 Å². The molecule has 2 rings (SSSR count). The normalized spacial score (nSPS) is 11.9. The van der Waals surface area contributed by atoms with Crippen LogP contribution >= 0.6 is 0 Å². The fraction of sp³-hybridized carbons (Fsp3) is 0.375. The molecule has 4 heteroatoms. The minimum Gasteiger partial charge on any atom is -0.369 e. The molecule has 0 aliphatic heterocycles. The maximum Gasteiger partial charge on any atom is 0.0992 e. The third kappa shape index (κ3) is 3.18. The molecular formula is C16H20N4. The molecule has 4 nitrogen and oxygen atoms in total. The summed E-state index contributed by atoms with van der Waals surface area (Å²) in [5.74, 6) is 0. The second kappa shape index (κ2) is 6.25. The summed E-state index contributed by atoms with van der Waals surface area (Å²) in [6, 6.07) is 12.3. The lowest BCUT2D eigenvalue weighted by atomic mass is 10.2. The van der Waals surface area contributed by atoms with Gasteiger partial charge in [0, 0.05) is 25.0 Å². The van der Waals surface area contributed by atoms with Gasteiger partial charge in [0.2, 0.25) is 0 Å². The topological polar surface area (TPSA) is 44.9 Å². The Morgan fingerprint density at radius 1 is 1.40 bits per heavy atom. The molecule has 0 bridgehead atoms. The maximum absolute atomic E-state index is 8.94. The van der Waals surface area contributed by atoms with Crippen LogP contribution in [0.5, 0.6) is 0 Å². The molecule has 1 aromatic heterocycles. The van der Waals surface area contributed by atoms with Crippen LogP contribution < -0.4 is 4.90 Å². The highest BCUT2D eigenvalue weighted by atomic mass is 15.3. The highest BCUT2D eigenvalue weighted by molar-refractivity contribution is 5.50. The molecule has 104 valence electrons. The van der Waals surface area contributed by atoms with E-state index in [1.807, 2.05) is 42.2 Å². The van der Waals surface area contributed by atoms with Crippen molar-refractivity contribution >= 4 is 5.69 Å². The first-order valence-corrected chi connectivity index (χ1v) is 6.89. The molecule has 0 N–H and O–H groups in total. The number of benzene rings is 1. The molecule has 2 aromatic rings. The van der Waals surface area contributed by atoms with Gasteiger partial charge >= 0.3 is 0 Å². The van der Waals surface area contributed by atoms with E-state index in [1.54, 1.807) is 0 Å². The zero-order valence-electron chi connectivity index (χ0n) is 12.2. The number of rotatable bonds is 5. The van der Waals surface area contributed by atoms with Gasteiger partial charge in [-0.2, -0.15) is 10.4 Å². The molecule has 0 spiro atoms. The molecule has 0 saturated heterocycles. The van der Waals surface area contributed by atoms with E-state index < -0.39 is 0 Å². The number of nitriles is 1. The summed E-state index contributed by atoms with van der Waals surface area (Å²) in [6.45, 7) is 5.06. The highest BCUT2D eigenvalue weighted by Gasteiger charge is 2.08. The Kier molecular flexibility index (Phi) is 4.41. The van der Waals surface area contributed by atoms with Crippen molar-refractivity contribution in [2.75, 3.05) is 11.9 Å². The molecule has 0 radical (unpaired) electrons. The van der Waals surface area contributed by atoms with Crippen molar-refractivity contribution in [3.05, 3.63) is 47.8 Å². The highest BCUT2D eigenvalue weighted by Crippen LogP contribution is 2.17. The first-order valence-electron chi connectivity index (χ1n) is 6.89. The van der Waals surface area contributed by atoms with E-state index in [0.717, 1.165) is 24.3 Å². The van der Waals surface area contributed by atoms with E-state index in [2.05, 4.69) is 36.0 Å². The Morgan fingerprint density at radius 3 is 2.90 bits per heavy atom. The van der Waals surface area contributed by atoms with Crippen molar-refractivity contribution in [1.82, 2.24) is 9.78 Å². The Balaban J connectivity index is 2.09. The van der Waals surface area contributed by atoms with Crippen LogP contribution in [-0.4, -0.2) is 16.8 Å². The minimum absolute atomic E-state index is 0.427. The third-order valence-corrected chi connectivity index (χ3v) is 3.52. The Morgan fingerprint density at radius 2 is 2.20 bits per heavy atom. The second-order valence-electron chi connectivity index (χ2n) is 5.06. The van der Waals surface area contributed by atoms with Crippen molar-refractivity contribution in [2.45, 2.75) is 32.9 Å².